The van der Waals surface area contributed by atoms with Crippen molar-refractivity contribution in [3.63, 3.8) is 0 Å². The van der Waals surface area contributed by atoms with E-state index in [0.29, 0.717) is 11.8 Å². The lowest BCUT2D eigenvalue weighted by molar-refractivity contribution is 0.368. The molecule has 0 aliphatic carbocycles. The van der Waals surface area contributed by atoms with Crippen molar-refractivity contribution >= 4 is 5.96 Å². The molecule has 2 aromatic rings. The van der Waals surface area contributed by atoms with Gasteiger partial charge in [0.1, 0.15) is 5.75 Å². The van der Waals surface area contributed by atoms with Gasteiger partial charge >= 0.3 is 0 Å². The number of hydrogen-bond acceptors (Lipinski definition) is 5. The largest absolute Gasteiger partial charge is 0.497 e. The van der Waals surface area contributed by atoms with Crippen LogP contribution in [0.25, 0.3) is 0 Å². The highest BCUT2D eigenvalue weighted by atomic mass is 16.5. The summed E-state index contributed by atoms with van der Waals surface area (Å²) in [5, 5.41) is 10.6. The Bertz CT molecular complexity index is 679. The van der Waals surface area contributed by atoms with Gasteiger partial charge in [-0.05, 0) is 30.5 Å². The van der Waals surface area contributed by atoms with E-state index in [0.717, 1.165) is 49.9 Å². The van der Waals surface area contributed by atoms with E-state index in [1.54, 1.807) is 14.2 Å². The molecular weight excluding hydrogens is 330 g/mol. The van der Waals surface area contributed by atoms with E-state index in [4.69, 9.17) is 9.26 Å². The van der Waals surface area contributed by atoms with Crippen LogP contribution in [0.15, 0.2) is 33.8 Å². The minimum Gasteiger partial charge on any atom is -0.497 e. The first-order valence-electron chi connectivity index (χ1n) is 9.02. The maximum absolute atomic E-state index is 5.25. The number of aliphatic imine (C=N–C) groups is 1. The molecule has 2 N–H and O–H groups in total. The Morgan fingerprint density at radius 1 is 1.15 bits per heavy atom. The Balaban J connectivity index is 1.63. The molecular formula is C19H29N5O2. The molecule has 0 spiro atoms. The zero-order valence-electron chi connectivity index (χ0n) is 16.1. The fraction of sp³-hybridized carbons (Fsp3) is 0.526. The van der Waals surface area contributed by atoms with Crippen molar-refractivity contribution < 1.29 is 9.26 Å². The smallest absolute Gasteiger partial charge is 0.226 e. The minimum atomic E-state index is 0.291. The van der Waals surface area contributed by atoms with E-state index in [1.807, 2.05) is 12.1 Å². The molecule has 0 amide bonds. The number of nitrogens with zero attached hydrogens (tertiary/aromatic N) is 3. The van der Waals surface area contributed by atoms with Gasteiger partial charge in [-0.1, -0.05) is 31.1 Å². The number of methoxy groups -OCH3 is 1. The standard InChI is InChI=1S/C19H29N5O2/c1-14(2)18-23-17(26-24-18)6-5-12-21-19(20-3)22-13-11-15-7-9-16(25-4)10-8-15/h7-10,14H,5-6,11-13H2,1-4H3,(H2,20,21,22). The van der Waals surface area contributed by atoms with Crippen LogP contribution >= 0.6 is 0 Å². The van der Waals surface area contributed by atoms with Crippen LogP contribution in [0.1, 0.15) is 43.5 Å². The molecule has 0 fully saturated rings. The molecule has 2 rings (SSSR count). The van der Waals surface area contributed by atoms with Crippen molar-refractivity contribution in [3.8, 4) is 5.75 Å². The van der Waals surface area contributed by atoms with E-state index >= 15 is 0 Å². The van der Waals surface area contributed by atoms with Crippen LogP contribution in [-0.4, -0.2) is 43.3 Å². The summed E-state index contributed by atoms with van der Waals surface area (Å²) in [7, 11) is 3.45. The normalized spacial score (nSPS) is 11.7. The molecule has 1 aromatic carbocycles. The van der Waals surface area contributed by atoms with Gasteiger partial charge in [0.15, 0.2) is 11.8 Å². The topological polar surface area (TPSA) is 84.6 Å². The zero-order valence-corrected chi connectivity index (χ0v) is 16.1. The first kappa shape index (κ1) is 19.8. The summed E-state index contributed by atoms with van der Waals surface area (Å²) >= 11 is 0. The van der Waals surface area contributed by atoms with Crippen molar-refractivity contribution in [1.29, 1.82) is 0 Å². The summed E-state index contributed by atoms with van der Waals surface area (Å²) in [5.74, 6) is 3.43. The van der Waals surface area contributed by atoms with Crippen molar-refractivity contribution in [2.45, 2.75) is 39.0 Å². The maximum Gasteiger partial charge on any atom is 0.226 e. The summed E-state index contributed by atoms with van der Waals surface area (Å²) in [6.45, 7) is 5.71. The Labute approximate surface area is 155 Å². The van der Waals surface area contributed by atoms with Gasteiger partial charge < -0.3 is 19.9 Å². The number of aromatic nitrogens is 2. The van der Waals surface area contributed by atoms with Crippen LogP contribution in [0, 0.1) is 0 Å². The van der Waals surface area contributed by atoms with E-state index in [-0.39, 0.29) is 0 Å². The van der Waals surface area contributed by atoms with E-state index in [9.17, 15) is 0 Å². The molecule has 0 unspecified atom stereocenters. The Morgan fingerprint density at radius 2 is 1.88 bits per heavy atom. The highest BCUT2D eigenvalue weighted by molar-refractivity contribution is 5.79. The van der Waals surface area contributed by atoms with Crippen LogP contribution in [0.4, 0.5) is 0 Å². The lowest BCUT2D eigenvalue weighted by atomic mass is 10.1. The second kappa shape index (κ2) is 10.4. The zero-order chi connectivity index (χ0) is 18.8. The van der Waals surface area contributed by atoms with Gasteiger partial charge in [0.05, 0.1) is 7.11 Å². The molecule has 0 saturated heterocycles. The lowest BCUT2D eigenvalue weighted by Crippen LogP contribution is -2.38. The second-order valence-corrected chi connectivity index (χ2v) is 6.33. The SMILES string of the molecule is CN=C(NCCCc1nc(C(C)C)no1)NCCc1ccc(OC)cc1. The average molecular weight is 359 g/mol. The fourth-order valence-corrected chi connectivity index (χ4v) is 2.39. The van der Waals surface area contributed by atoms with Gasteiger partial charge in [0, 0.05) is 32.5 Å². The summed E-state index contributed by atoms with van der Waals surface area (Å²) in [6.07, 6.45) is 2.58. The predicted octanol–water partition coefficient (Wildman–Crippen LogP) is 2.54. The first-order chi connectivity index (χ1) is 12.6. The number of guanidine groups is 1. The van der Waals surface area contributed by atoms with Crippen molar-refractivity contribution in [2.24, 2.45) is 4.99 Å². The highest BCUT2D eigenvalue weighted by Gasteiger charge is 2.09. The molecule has 1 heterocycles. The monoisotopic (exact) mass is 359 g/mol. The number of ether oxygens (including phenoxy) is 1. The summed E-state index contributed by atoms with van der Waals surface area (Å²) < 4.78 is 10.4. The minimum absolute atomic E-state index is 0.291. The van der Waals surface area contributed by atoms with Gasteiger partial charge in [0.25, 0.3) is 0 Å². The highest BCUT2D eigenvalue weighted by Crippen LogP contribution is 2.11. The van der Waals surface area contributed by atoms with Crippen LogP contribution in [0.5, 0.6) is 5.75 Å². The van der Waals surface area contributed by atoms with Crippen LogP contribution < -0.4 is 15.4 Å². The van der Waals surface area contributed by atoms with Crippen molar-refractivity contribution in [1.82, 2.24) is 20.8 Å². The molecule has 0 atom stereocenters. The number of nitrogens with one attached hydrogen (secondary N) is 2. The average Bonchev–Trinajstić information content (AvgIpc) is 3.13. The van der Waals surface area contributed by atoms with Gasteiger partial charge in [0.2, 0.25) is 5.89 Å². The number of rotatable bonds is 9. The Morgan fingerprint density at radius 3 is 2.50 bits per heavy atom. The molecule has 7 heteroatoms. The van der Waals surface area contributed by atoms with Crippen LogP contribution in [0.2, 0.25) is 0 Å². The summed E-state index contributed by atoms with van der Waals surface area (Å²) in [6, 6.07) is 8.11. The lowest BCUT2D eigenvalue weighted by Gasteiger charge is -2.11. The molecule has 142 valence electrons. The number of benzene rings is 1. The first-order valence-corrected chi connectivity index (χ1v) is 9.02. The second-order valence-electron chi connectivity index (χ2n) is 6.33. The number of hydrogen-bond donors (Lipinski definition) is 2. The molecule has 0 bridgehead atoms. The molecule has 26 heavy (non-hydrogen) atoms. The third-order valence-electron chi connectivity index (χ3n) is 3.95. The van der Waals surface area contributed by atoms with Gasteiger partial charge in [-0.3, -0.25) is 4.99 Å². The van der Waals surface area contributed by atoms with Crippen LogP contribution in [-0.2, 0) is 12.8 Å². The molecule has 1 aromatic heterocycles. The quantitative estimate of drug-likeness (QED) is 0.407. The van der Waals surface area contributed by atoms with E-state index in [2.05, 4.69) is 51.7 Å². The predicted molar refractivity (Wildman–Crippen MR) is 103 cm³/mol. The fourth-order valence-electron chi connectivity index (χ4n) is 2.39. The Hall–Kier alpha value is -2.57. The maximum atomic E-state index is 5.25. The third-order valence-corrected chi connectivity index (χ3v) is 3.95. The van der Waals surface area contributed by atoms with Crippen molar-refractivity contribution in [3.05, 3.63) is 41.5 Å². The van der Waals surface area contributed by atoms with Gasteiger partial charge in [-0.15, -0.1) is 0 Å². The van der Waals surface area contributed by atoms with Gasteiger partial charge in [-0.25, -0.2) is 0 Å². The van der Waals surface area contributed by atoms with E-state index in [1.165, 1.54) is 5.56 Å². The summed E-state index contributed by atoms with van der Waals surface area (Å²) in [5.41, 5.74) is 1.26. The summed E-state index contributed by atoms with van der Waals surface area (Å²) in [4.78, 5) is 8.62. The third kappa shape index (κ3) is 6.38. The number of aryl methyl sites for hydroxylation is 1. The van der Waals surface area contributed by atoms with E-state index < -0.39 is 0 Å². The molecule has 0 aliphatic rings. The van der Waals surface area contributed by atoms with Crippen molar-refractivity contribution in [2.75, 3.05) is 27.2 Å². The van der Waals surface area contributed by atoms with Crippen LogP contribution in [0.3, 0.4) is 0 Å². The molecule has 7 nitrogen and oxygen atoms in total. The van der Waals surface area contributed by atoms with Gasteiger partial charge in [-0.2, -0.15) is 4.98 Å². The molecule has 0 radical (unpaired) electrons. The molecule has 0 saturated carbocycles. The Kier molecular flexibility index (Phi) is 7.92. The molecule has 0 aliphatic heterocycles.